The van der Waals surface area contributed by atoms with E-state index in [-0.39, 0.29) is 17.9 Å². The fourth-order valence-corrected chi connectivity index (χ4v) is 4.74. The van der Waals surface area contributed by atoms with E-state index in [1.54, 1.807) is 31.4 Å². The van der Waals surface area contributed by atoms with E-state index < -0.39 is 5.91 Å². The highest BCUT2D eigenvalue weighted by molar-refractivity contribution is 5.95. The number of nitrogens with two attached hydrogens (primary N) is 1. The van der Waals surface area contributed by atoms with E-state index in [9.17, 15) is 9.18 Å². The van der Waals surface area contributed by atoms with E-state index in [0.29, 0.717) is 30.1 Å². The third kappa shape index (κ3) is 5.14. The van der Waals surface area contributed by atoms with Crippen molar-refractivity contribution in [1.82, 2.24) is 10.3 Å². The van der Waals surface area contributed by atoms with Gasteiger partial charge in [0.15, 0.2) is 11.5 Å². The summed E-state index contributed by atoms with van der Waals surface area (Å²) in [6.45, 7) is 2.68. The molecule has 3 aromatic rings. The number of ether oxygens (including phenoxy) is 2. The van der Waals surface area contributed by atoms with Crippen LogP contribution in [0.2, 0.25) is 0 Å². The van der Waals surface area contributed by atoms with Crippen molar-refractivity contribution in [3.63, 3.8) is 0 Å². The zero-order chi connectivity index (χ0) is 23.4. The Hall–Kier alpha value is -3.06. The van der Waals surface area contributed by atoms with Crippen LogP contribution in [0.25, 0.3) is 10.9 Å². The Balaban J connectivity index is 1.48. The first kappa shape index (κ1) is 23.1. The smallest absolute Gasteiger partial charge is 0.249 e. The van der Waals surface area contributed by atoms with Crippen LogP contribution in [0.4, 0.5) is 4.39 Å². The molecular weight excluding hydrogens is 421 g/mol. The summed E-state index contributed by atoms with van der Waals surface area (Å²) in [5.41, 5.74) is 8.96. The van der Waals surface area contributed by atoms with Crippen molar-refractivity contribution in [2.75, 3.05) is 13.7 Å². The van der Waals surface area contributed by atoms with Crippen molar-refractivity contribution >= 4 is 16.8 Å². The van der Waals surface area contributed by atoms with Crippen molar-refractivity contribution in [2.45, 2.75) is 57.5 Å². The summed E-state index contributed by atoms with van der Waals surface area (Å²) in [7, 11) is 1.59. The van der Waals surface area contributed by atoms with Crippen LogP contribution in [0.5, 0.6) is 11.5 Å². The van der Waals surface area contributed by atoms with Gasteiger partial charge in [-0.1, -0.05) is 19.8 Å². The summed E-state index contributed by atoms with van der Waals surface area (Å²) < 4.78 is 25.2. The Kier molecular flexibility index (Phi) is 7.18. The number of nitrogens with one attached hydrogen (secondary N) is 2. The maximum absolute atomic E-state index is 13.8. The molecule has 0 spiro atoms. The molecule has 0 aliphatic carbocycles. The fourth-order valence-electron chi connectivity index (χ4n) is 4.74. The largest absolute Gasteiger partial charge is 0.493 e. The second-order valence-electron chi connectivity index (χ2n) is 8.75. The van der Waals surface area contributed by atoms with Crippen LogP contribution >= 0.6 is 0 Å². The monoisotopic (exact) mass is 453 g/mol. The maximum Gasteiger partial charge on any atom is 0.249 e. The van der Waals surface area contributed by atoms with Crippen molar-refractivity contribution in [3.8, 4) is 11.5 Å². The Morgan fingerprint density at radius 3 is 2.94 bits per heavy atom. The molecular formula is C26H32FN3O3. The molecule has 6 nitrogen and oxygen atoms in total. The van der Waals surface area contributed by atoms with E-state index in [4.69, 9.17) is 15.2 Å². The number of carbonyl (C=O) groups excluding carboxylic acids is 1. The van der Waals surface area contributed by atoms with Crippen LogP contribution in [0, 0.1) is 5.82 Å². The van der Waals surface area contributed by atoms with Crippen LogP contribution in [0.3, 0.4) is 0 Å². The third-order valence-corrected chi connectivity index (χ3v) is 6.46. The minimum atomic E-state index is -0.466. The van der Waals surface area contributed by atoms with Gasteiger partial charge in [0.2, 0.25) is 5.91 Å². The number of aryl methyl sites for hydroxylation is 1. The van der Waals surface area contributed by atoms with E-state index in [2.05, 4.69) is 17.2 Å². The Bertz CT molecular complexity index is 1130. The number of primary amides is 1. The predicted octanol–water partition coefficient (Wildman–Crippen LogP) is 4.50. The van der Waals surface area contributed by atoms with Crippen molar-refractivity contribution in [3.05, 3.63) is 59.0 Å². The lowest BCUT2D eigenvalue weighted by atomic mass is 9.94. The second-order valence-corrected chi connectivity index (χ2v) is 8.75. The number of aromatic amines is 1. The van der Waals surface area contributed by atoms with Gasteiger partial charge < -0.3 is 25.5 Å². The van der Waals surface area contributed by atoms with Gasteiger partial charge in [-0.05, 0) is 61.6 Å². The van der Waals surface area contributed by atoms with Crippen LogP contribution in [0.15, 0.2) is 36.5 Å². The molecule has 176 valence electrons. The van der Waals surface area contributed by atoms with E-state index in [1.165, 1.54) is 6.07 Å². The van der Waals surface area contributed by atoms with Crippen LogP contribution < -0.4 is 20.5 Å². The quantitative estimate of drug-likeness (QED) is 0.422. The van der Waals surface area contributed by atoms with Crippen molar-refractivity contribution in [2.24, 2.45) is 5.73 Å². The number of unbranched alkanes of at least 4 members (excludes halogenated alkanes) is 1. The van der Waals surface area contributed by atoms with Gasteiger partial charge in [-0.2, -0.15) is 0 Å². The standard InChI is InChI=1S/C26H32FN3O3/c1-3-4-5-18(8-6-16-14-29-23-10-7-17(27)12-21(16)23)30-19-13-22-20(26(28)31)9-11-24(32-2)25(22)33-15-19/h7,9-12,14,18-19,29-30H,3-6,8,13,15H2,1-2H3,(H2,28,31)/t18?,19-/m1/s1. The number of benzene rings is 2. The minimum Gasteiger partial charge on any atom is -0.493 e. The van der Waals surface area contributed by atoms with Gasteiger partial charge in [-0.3, -0.25) is 4.79 Å². The Labute approximate surface area is 193 Å². The summed E-state index contributed by atoms with van der Waals surface area (Å²) in [5, 5.41) is 4.70. The predicted molar refractivity (Wildman–Crippen MR) is 128 cm³/mol. The van der Waals surface area contributed by atoms with Gasteiger partial charge in [-0.25, -0.2) is 4.39 Å². The zero-order valence-electron chi connectivity index (χ0n) is 19.2. The topological polar surface area (TPSA) is 89.4 Å². The molecule has 1 amide bonds. The highest BCUT2D eigenvalue weighted by Crippen LogP contribution is 2.37. The van der Waals surface area contributed by atoms with Crippen LogP contribution in [0.1, 0.15) is 54.1 Å². The number of amides is 1. The van der Waals surface area contributed by atoms with Gasteiger partial charge in [0.05, 0.1) is 7.11 Å². The number of carbonyl (C=O) groups is 1. The molecule has 33 heavy (non-hydrogen) atoms. The molecule has 1 aliphatic rings. The molecule has 0 saturated heterocycles. The molecule has 0 radical (unpaired) electrons. The van der Waals surface area contributed by atoms with E-state index in [1.807, 2.05) is 6.20 Å². The summed E-state index contributed by atoms with van der Waals surface area (Å²) in [6, 6.07) is 8.62. The second kappa shape index (κ2) is 10.3. The molecule has 0 bridgehead atoms. The Morgan fingerprint density at radius 2 is 2.18 bits per heavy atom. The molecule has 0 saturated carbocycles. The van der Waals surface area contributed by atoms with Crippen molar-refractivity contribution in [1.29, 1.82) is 0 Å². The normalized spacial score (nSPS) is 16.3. The molecule has 1 aromatic heterocycles. The number of rotatable bonds is 10. The number of hydrogen-bond acceptors (Lipinski definition) is 4. The molecule has 2 atom stereocenters. The molecule has 4 rings (SSSR count). The number of aromatic nitrogens is 1. The van der Waals surface area contributed by atoms with Gasteiger partial charge in [-0.15, -0.1) is 0 Å². The lowest BCUT2D eigenvalue weighted by molar-refractivity contribution is 0.0997. The Morgan fingerprint density at radius 1 is 1.33 bits per heavy atom. The highest BCUT2D eigenvalue weighted by Gasteiger charge is 2.28. The first-order chi connectivity index (χ1) is 16.0. The van der Waals surface area contributed by atoms with Crippen LogP contribution in [-0.4, -0.2) is 36.7 Å². The molecule has 1 aliphatic heterocycles. The number of hydrogen-bond donors (Lipinski definition) is 3. The molecule has 2 heterocycles. The summed E-state index contributed by atoms with van der Waals surface area (Å²) in [6.07, 6.45) is 7.66. The lowest BCUT2D eigenvalue weighted by Gasteiger charge is -2.31. The van der Waals surface area contributed by atoms with Gasteiger partial charge in [0, 0.05) is 40.3 Å². The SMILES string of the molecule is CCCCC(CCc1c[nH]c2ccc(F)cc12)N[C@H]1COc2c(OC)ccc(C(N)=O)c2C1. The number of halogens is 1. The molecule has 7 heteroatoms. The average Bonchev–Trinajstić information content (AvgIpc) is 3.21. The average molecular weight is 454 g/mol. The molecule has 1 unspecified atom stereocenters. The minimum absolute atomic E-state index is 0.0602. The van der Waals surface area contributed by atoms with Gasteiger partial charge in [0.1, 0.15) is 12.4 Å². The highest BCUT2D eigenvalue weighted by atomic mass is 19.1. The molecule has 0 fully saturated rings. The summed E-state index contributed by atoms with van der Waals surface area (Å²) in [5.74, 6) is 0.537. The summed E-state index contributed by atoms with van der Waals surface area (Å²) >= 11 is 0. The van der Waals surface area contributed by atoms with Gasteiger partial charge >= 0.3 is 0 Å². The van der Waals surface area contributed by atoms with Crippen molar-refractivity contribution < 1.29 is 18.7 Å². The molecule has 2 aromatic carbocycles. The van der Waals surface area contributed by atoms with E-state index in [0.717, 1.165) is 54.1 Å². The number of fused-ring (bicyclic) bond motifs is 2. The number of H-pyrrole nitrogens is 1. The molecule has 4 N–H and O–H groups in total. The lowest BCUT2D eigenvalue weighted by Crippen LogP contribution is -2.45. The van der Waals surface area contributed by atoms with Crippen LogP contribution in [-0.2, 0) is 12.8 Å². The first-order valence-corrected chi connectivity index (χ1v) is 11.6. The van der Waals surface area contributed by atoms with E-state index >= 15 is 0 Å². The third-order valence-electron chi connectivity index (χ3n) is 6.46. The fraction of sp³-hybridized carbons (Fsp3) is 0.423. The maximum atomic E-state index is 13.8. The number of methoxy groups -OCH3 is 1. The van der Waals surface area contributed by atoms with Gasteiger partial charge in [0.25, 0.3) is 0 Å². The first-order valence-electron chi connectivity index (χ1n) is 11.6. The summed E-state index contributed by atoms with van der Waals surface area (Å²) in [4.78, 5) is 15.2. The zero-order valence-corrected chi connectivity index (χ0v) is 19.2.